The van der Waals surface area contributed by atoms with E-state index in [4.69, 9.17) is 9.47 Å². The number of rotatable bonds is 4. The number of nitrogens with one attached hydrogen (secondary N) is 2. The number of hydrogen-bond donors (Lipinski definition) is 2. The fraction of sp³-hybridized carbons (Fsp3) is 0.500. The molecule has 4 aliphatic carbocycles. The number of pyridine rings is 1. The summed E-state index contributed by atoms with van der Waals surface area (Å²) in [6, 6.07) is 9.78. The Morgan fingerprint density at radius 2 is 1.73 bits per heavy atom. The minimum Gasteiger partial charge on any atom is -0.467 e. The average Bonchev–Trinajstić information content (AvgIpc) is 3.18. The van der Waals surface area contributed by atoms with Crippen molar-refractivity contribution in [1.29, 1.82) is 0 Å². The van der Waals surface area contributed by atoms with Crippen LogP contribution in [-0.2, 0) is 19.8 Å². The Hall–Kier alpha value is -3.09. The van der Waals surface area contributed by atoms with Crippen LogP contribution in [0.2, 0.25) is 0 Å². The van der Waals surface area contributed by atoms with Gasteiger partial charge in [-0.05, 0) is 74.8 Å². The molecule has 0 spiro atoms. The van der Waals surface area contributed by atoms with E-state index in [-0.39, 0.29) is 6.10 Å². The number of carbonyl (C=O) groups excluding carboxylic acids is 2. The smallest absolute Gasteiger partial charge is 0.408 e. The normalized spacial score (nSPS) is 29.7. The van der Waals surface area contributed by atoms with Crippen LogP contribution in [0.3, 0.4) is 0 Å². The lowest BCUT2D eigenvalue weighted by Crippen LogP contribution is -2.54. The van der Waals surface area contributed by atoms with Gasteiger partial charge < -0.3 is 19.8 Å². The van der Waals surface area contributed by atoms with Gasteiger partial charge in [0.1, 0.15) is 6.10 Å². The second-order valence-electron chi connectivity index (χ2n) is 10.3. The molecule has 4 bridgehead atoms. The minimum absolute atomic E-state index is 0.0660. The molecule has 2 aromatic heterocycles. The molecule has 7 rings (SSSR count). The van der Waals surface area contributed by atoms with Crippen LogP contribution >= 0.6 is 0 Å². The molecule has 4 aliphatic rings. The zero-order valence-corrected chi connectivity index (χ0v) is 19.0. The van der Waals surface area contributed by atoms with Gasteiger partial charge >= 0.3 is 12.1 Å². The van der Waals surface area contributed by atoms with Gasteiger partial charge in [0.2, 0.25) is 0 Å². The first-order valence-electron chi connectivity index (χ1n) is 11.9. The van der Waals surface area contributed by atoms with Crippen LogP contribution < -0.4 is 5.32 Å². The second-order valence-corrected chi connectivity index (χ2v) is 10.3. The maximum atomic E-state index is 13.1. The molecule has 172 valence electrons. The van der Waals surface area contributed by atoms with E-state index in [1.54, 1.807) is 13.1 Å². The standard InChI is InChI=1S/C26H29N3O4/c1-26(24(30)32-2,22-12-19-18-5-3-4-6-20(18)28-21(19)13-27-22)29-25(31)33-23-16-8-14-7-15(10-16)11-17(23)9-14/h3-6,12-17,23,28H,7-11H2,1-2H3,(H,29,31)/t14?,15?,16?,17?,23?,26-/m1/s1. The van der Waals surface area contributed by atoms with E-state index >= 15 is 0 Å². The monoisotopic (exact) mass is 447 g/mol. The van der Waals surface area contributed by atoms with E-state index in [9.17, 15) is 9.59 Å². The molecule has 0 saturated heterocycles. The molecule has 3 aromatic rings. The first kappa shape index (κ1) is 20.5. The van der Waals surface area contributed by atoms with Crippen molar-refractivity contribution in [2.45, 2.75) is 50.7 Å². The van der Waals surface area contributed by atoms with Crippen molar-refractivity contribution in [2.75, 3.05) is 7.11 Å². The Morgan fingerprint density at radius 1 is 1.03 bits per heavy atom. The first-order chi connectivity index (χ1) is 15.9. The van der Waals surface area contributed by atoms with Crippen LogP contribution in [-0.4, -0.2) is 35.2 Å². The van der Waals surface area contributed by atoms with Crippen molar-refractivity contribution in [3.05, 3.63) is 42.2 Å². The zero-order chi connectivity index (χ0) is 22.7. The maximum absolute atomic E-state index is 13.1. The molecular weight excluding hydrogens is 418 g/mol. The van der Waals surface area contributed by atoms with Crippen LogP contribution in [0, 0.1) is 23.7 Å². The second kappa shape index (κ2) is 7.47. The van der Waals surface area contributed by atoms with E-state index in [1.165, 1.54) is 13.5 Å². The molecule has 0 aliphatic heterocycles. The predicted octanol–water partition coefficient (Wildman–Crippen LogP) is 4.66. The molecule has 1 amide bonds. The Morgan fingerprint density at radius 3 is 2.42 bits per heavy atom. The molecule has 4 saturated carbocycles. The van der Waals surface area contributed by atoms with Crippen molar-refractivity contribution >= 4 is 33.9 Å². The van der Waals surface area contributed by atoms with Crippen molar-refractivity contribution < 1.29 is 19.1 Å². The topological polar surface area (TPSA) is 93.3 Å². The number of aromatic amines is 1. The fourth-order valence-electron chi connectivity index (χ4n) is 6.87. The summed E-state index contributed by atoms with van der Waals surface area (Å²) in [4.78, 5) is 33.8. The number of para-hydroxylation sites is 1. The number of esters is 1. The van der Waals surface area contributed by atoms with E-state index in [0.717, 1.165) is 59.3 Å². The molecule has 1 atom stereocenters. The molecule has 7 heteroatoms. The highest BCUT2D eigenvalue weighted by Crippen LogP contribution is 2.54. The van der Waals surface area contributed by atoms with Gasteiger partial charge in [0.05, 0.1) is 24.5 Å². The largest absolute Gasteiger partial charge is 0.467 e. The molecular formula is C26H29N3O4. The van der Waals surface area contributed by atoms with E-state index in [2.05, 4.69) is 15.3 Å². The van der Waals surface area contributed by atoms with Crippen molar-refractivity contribution in [3.8, 4) is 0 Å². The average molecular weight is 448 g/mol. The summed E-state index contributed by atoms with van der Waals surface area (Å²) in [7, 11) is 1.32. The summed E-state index contributed by atoms with van der Waals surface area (Å²) in [6.07, 6.45) is 6.99. The van der Waals surface area contributed by atoms with Crippen LogP contribution in [0.5, 0.6) is 0 Å². The summed E-state index contributed by atoms with van der Waals surface area (Å²) >= 11 is 0. The molecule has 0 radical (unpaired) electrons. The summed E-state index contributed by atoms with van der Waals surface area (Å²) in [5.41, 5.74) is 0.794. The molecule has 1 aromatic carbocycles. The van der Waals surface area contributed by atoms with Crippen molar-refractivity contribution in [1.82, 2.24) is 15.3 Å². The van der Waals surface area contributed by atoms with Gasteiger partial charge in [-0.3, -0.25) is 4.98 Å². The number of nitrogens with zero attached hydrogens (tertiary/aromatic N) is 1. The van der Waals surface area contributed by atoms with Crippen molar-refractivity contribution in [2.24, 2.45) is 23.7 Å². The molecule has 0 unspecified atom stereocenters. The number of fused-ring (bicyclic) bond motifs is 3. The number of methoxy groups -OCH3 is 1. The van der Waals surface area contributed by atoms with Gasteiger partial charge in [0.15, 0.2) is 5.54 Å². The van der Waals surface area contributed by atoms with Crippen LogP contribution in [0.4, 0.5) is 4.79 Å². The van der Waals surface area contributed by atoms with Gasteiger partial charge in [-0.2, -0.15) is 0 Å². The number of hydrogen-bond acceptors (Lipinski definition) is 5. The number of alkyl carbamates (subject to hydrolysis) is 1. The van der Waals surface area contributed by atoms with Crippen molar-refractivity contribution in [3.63, 3.8) is 0 Å². The first-order valence-corrected chi connectivity index (χ1v) is 11.9. The van der Waals surface area contributed by atoms with E-state index < -0.39 is 17.6 Å². The molecule has 33 heavy (non-hydrogen) atoms. The summed E-state index contributed by atoms with van der Waals surface area (Å²) in [5, 5.41) is 4.78. The SMILES string of the molecule is COC(=O)[C@](C)(NC(=O)OC1C2CC3CC(C2)CC1C3)c1cc2c(cn1)[nH]c1ccccc12. The number of H-pyrrole nitrogens is 1. The number of benzene rings is 1. The zero-order valence-electron chi connectivity index (χ0n) is 19.0. The number of carbonyl (C=O) groups is 2. The molecule has 4 fully saturated rings. The van der Waals surface area contributed by atoms with Crippen LogP contribution in [0.25, 0.3) is 21.8 Å². The molecule has 7 nitrogen and oxygen atoms in total. The summed E-state index contributed by atoms with van der Waals surface area (Å²) in [5.74, 6) is 1.89. The Balaban J connectivity index is 1.29. The highest BCUT2D eigenvalue weighted by molar-refractivity contribution is 6.07. The summed E-state index contributed by atoms with van der Waals surface area (Å²) in [6.45, 7) is 1.62. The fourth-order valence-corrected chi connectivity index (χ4v) is 6.87. The Labute approximate surface area is 192 Å². The van der Waals surface area contributed by atoms with Gasteiger partial charge in [0, 0.05) is 16.3 Å². The molecule has 2 N–H and O–H groups in total. The Bertz CT molecular complexity index is 1220. The lowest BCUT2D eigenvalue weighted by Gasteiger charge is -2.53. The summed E-state index contributed by atoms with van der Waals surface area (Å²) < 4.78 is 11.1. The van der Waals surface area contributed by atoms with Gasteiger partial charge in [-0.25, -0.2) is 9.59 Å². The highest BCUT2D eigenvalue weighted by atomic mass is 16.6. The van der Waals surface area contributed by atoms with Gasteiger partial charge in [-0.15, -0.1) is 0 Å². The lowest BCUT2D eigenvalue weighted by atomic mass is 9.55. The predicted molar refractivity (Wildman–Crippen MR) is 123 cm³/mol. The maximum Gasteiger partial charge on any atom is 0.408 e. The van der Waals surface area contributed by atoms with Crippen LogP contribution in [0.15, 0.2) is 36.5 Å². The quantitative estimate of drug-likeness (QED) is 0.568. The minimum atomic E-state index is -1.47. The Kier molecular flexibility index (Phi) is 4.64. The number of aromatic nitrogens is 2. The third-order valence-electron chi connectivity index (χ3n) is 8.23. The van der Waals surface area contributed by atoms with E-state index in [1.807, 2.05) is 30.3 Å². The van der Waals surface area contributed by atoms with Gasteiger partial charge in [-0.1, -0.05) is 18.2 Å². The lowest BCUT2D eigenvalue weighted by molar-refractivity contribution is -0.148. The highest BCUT2D eigenvalue weighted by Gasteiger charge is 2.50. The number of amides is 1. The number of ether oxygens (including phenoxy) is 2. The van der Waals surface area contributed by atoms with Crippen LogP contribution in [0.1, 0.15) is 44.7 Å². The third kappa shape index (κ3) is 3.28. The van der Waals surface area contributed by atoms with E-state index in [0.29, 0.717) is 17.5 Å². The van der Waals surface area contributed by atoms with Gasteiger partial charge in [0.25, 0.3) is 0 Å². The molecule has 2 heterocycles. The third-order valence-corrected chi connectivity index (χ3v) is 8.23.